The highest BCUT2D eigenvalue weighted by atomic mass is 32.2. The average molecular weight is 369 g/mol. The van der Waals surface area contributed by atoms with Crippen LogP contribution in [-0.2, 0) is 14.6 Å². The molecule has 0 aliphatic carbocycles. The summed E-state index contributed by atoms with van der Waals surface area (Å²) in [5.41, 5.74) is 0.498. The number of anilines is 1. The fourth-order valence-corrected chi connectivity index (χ4v) is 4.25. The minimum atomic E-state index is -3.09. The first-order valence-corrected chi connectivity index (χ1v) is 9.86. The van der Waals surface area contributed by atoms with Crippen molar-refractivity contribution >= 4 is 27.5 Å². The van der Waals surface area contributed by atoms with E-state index in [1.807, 2.05) is 0 Å². The lowest BCUT2D eigenvalue weighted by atomic mass is 10.0. The molecule has 3 amide bonds. The van der Waals surface area contributed by atoms with Crippen LogP contribution in [0.5, 0.6) is 5.75 Å². The van der Waals surface area contributed by atoms with Gasteiger partial charge in [-0.3, -0.25) is 4.79 Å². The number of benzene rings is 1. The van der Waals surface area contributed by atoms with E-state index >= 15 is 0 Å². The molecule has 138 valence electrons. The zero-order valence-corrected chi connectivity index (χ0v) is 15.0. The molecule has 1 aliphatic rings. The lowest BCUT2D eigenvalue weighted by Gasteiger charge is -2.23. The third kappa shape index (κ3) is 5.63. The number of phenolic OH excluding ortho intramolecular Hbond substituents is 1. The summed E-state index contributed by atoms with van der Waals surface area (Å²) in [4.78, 5) is 24.5. The molecule has 8 nitrogen and oxygen atoms in total. The van der Waals surface area contributed by atoms with Crippen LogP contribution >= 0.6 is 0 Å². The number of hydrogen-bond donors (Lipinski definition) is 4. The van der Waals surface area contributed by atoms with E-state index in [2.05, 4.69) is 16.0 Å². The summed E-state index contributed by atoms with van der Waals surface area (Å²) in [7, 11) is -3.09. The van der Waals surface area contributed by atoms with E-state index in [0.717, 1.165) is 0 Å². The molecule has 2 atom stereocenters. The van der Waals surface area contributed by atoms with E-state index in [1.54, 1.807) is 26.0 Å². The lowest BCUT2D eigenvalue weighted by molar-refractivity contribution is -0.118. The Bertz CT molecular complexity index is 731. The van der Waals surface area contributed by atoms with Gasteiger partial charge in [0.15, 0.2) is 9.84 Å². The number of rotatable bonds is 5. The minimum Gasteiger partial charge on any atom is -0.508 e. The fraction of sp³-hybridized carbons (Fsp3) is 0.500. The highest BCUT2D eigenvalue weighted by Crippen LogP contribution is 2.15. The predicted octanol–water partition coefficient (Wildman–Crippen LogP) is 0.842. The zero-order chi connectivity index (χ0) is 18.6. The summed E-state index contributed by atoms with van der Waals surface area (Å²) in [5.74, 6) is -0.494. The molecule has 0 aromatic heterocycles. The van der Waals surface area contributed by atoms with Crippen LogP contribution in [0.15, 0.2) is 24.3 Å². The Balaban J connectivity index is 1.94. The second-order valence-electron chi connectivity index (χ2n) is 6.48. The molecule has 1 aromatic carbocycles. The molecule has 1 saturated heterocycles. The Morgan fingerprint density at radius 1 is 1.20 bits per heavy atom. The maximum absolute atomic E-state index is 12.4. The zero-order valence-electron chi connectivity index (χ0n) is 14.2. The molecule has 4 N–H and O–H groups in total. The van der Waals surface area contributed by atoms with Gasteiger partial charge in [0.2, 0.25) is 5.91 Å². The Morgan fingerprint density at radius 2 is 1.84 bits per heavy atom. The first-order chi connectivity index (χ1) is 11.7. The van der Waals surface area contributed by atoms with E-state index in [4.69, 9.17) is 0 Å². The highest BCUT2D eigenvalue weighted by molar-refractivity contribution is 7.91. The van der Waals surface area contributed by atoms with Gasteiger partial charge in [0.1, 0.15) is 11.8 Å². The van der Waals surface area contributed by atoms with Crippen LogP contribution in [0.4, 0.5) is 10.5 Å². The van der Waals surface area contributed by atoms with Crippen molar-refractivity contribution in [2.24, 2.45) is 5.92 Å². The number of aromatic hydroxyl groups is 1. The molecule has 0 saturated carbocycles. The molecule has 0 unspecified atom stereocenters. The normalized spacial score (nSPS) is 20.0. The van der Waals surface area contributed by atoms with Gasteiger partial charge in [-0.25, -0.2) is 13.2 Å². The van der Waals surface area contributed by atoms with Gasteiger partial charge in [-0.2, -0.15) is 0 Å². The molecule has 1 heterocycles. The number of phenols is 1. The molecule has 0 bridgehead atoms. The Morgan fingerprint density at radius 3 is 2.36 bits per heavy atom. The van der Waals surface area contributed by atoms with Crippen molar-refractivity contribution in [3.63, 3.8) is 0 Å². The number of amides is 3. The fourth-order valence-electron chi connectivity index (χ4n) is 2.58. The quantitative estimate of drug-likeness (QED) is 0.573. The van der Waals surface area contributed by atoms with Gasteiger partial charge in [0, 0.05) is 11.7 Å². The van der Waals surface area contributed by atoms with Gasteiger partial charge in [0.25, 0.3) is 0 Å². The highest BCUT2D eigenvalue weighted by Gasteiger charge is 2.30. The smallest absolute Gasteiger partial charge is 0.315 e. The van der Waals surface area contributed by atoms with Crippen LogP contribution in [-0.4, -0.2) is 49.1 Å². The number of sulfone groups is 1. The Labute approximate surface area is 146 Å². The second kappa shape index (κ2) is 7.73. The van der Waals surface area contributed by atoms with Gasteiger partial charge in [-0.05, 0) is 36.6 Å². The Hall–Kier alpha value is -2.29. The summed E-state index contributed by atoms with van der Waals surface area (Å²) in [5, 5.41) is 17.1. The Kier molecular flexibility index (Phi) is 5.89. The third-order valence-corrected chi connectivity index (χ3v) is 5.71. The van der Waals surface area contributed by atoms with E-state index < -0.39 is 33.9 Å². The molecular formula is C16H23N3O5S. The third-order valence-electron chi connectivity index (χ3n) is 3.94. The van der Waals surface area contributed by atoms with Crippen molar-refractivity contribution in [2.45, 2.75) is 32.4 Å². The van der Waals surface area contributed by atoms with Gasteiger partial charge in [-0.1, -0.05) is 13.8 Å². The van der Waals surface area contributed by atoms with Gasteiger partial charge >= 0.3 is 6.03 Å². The van der Waals surface area contributed by atoms with E-state index in [1.165, 1.54) is 12.1 Å². The first-order valence-electron chi connectivity index (χ1n) is 8.03. The second-order valence-corrected chi connectivity index (χ2v) is 8.70. The molecule has 1 aliphatic heterocycles. The van der Waals surface area contributed by atoms with E-state index in [0.29, 0.717) is 12.1 Å². The molecule has 1 fully saturated rings. The number of carbonyl (C=O) groups is 2. The summed E-state index contributed by atoms with van der Waals surface area (Å²) in [6.07, 6.45) is 0.377. The molecule has 25 heavy (non-hydrogen) atoms. The number of nitrogens with one attached hydrogen (secondary N) is 3. The topological polar surface area (TPSA) is 125 Å². The number of urea groups is 1. The molecule has 0 radical (unpaired) electrons. The molecule has 0 spiro atoms. The van der Waals surface area contributed by atoms with Crippen LogP contribution in [0, 0.1) is 5.92 Å². The molecule has 1 aromatic rings. The SMILES string of the molecule is CC(C)[C@H](NC(=O)N[C@@H]1CCS(=O)(=O)C1)C(=O)Nc1ccc(O)cc1. The number of carbonyl (C=O) groups excluding carboxylic acids is 2. The summed E-state index contributed by atoms with van der Waals surface area (Å²) < 4.78 is 22.9. The summed E-state index contributed by atoms with van der Waals surface area (Å²) in [6.45, 7) is 3.59. The van der Waals surface area contributed by atoms with Crippen molar-refractivity contribution in [2.75, 3.05) is 16.8 Å². The van der Waals surface area contributed by atoms with E-state index in [9.17, 15) is 23.1 Å². The molecule has 9 heteroatoms. The average Bonchev–Trinajstić information content (AvgIpc) is 2.85. The number of hydrogen-bond acceptors (Lipinski definition) is 5. The maximum Gasteiger partial charge on any atom is 0.315 e. The van der Waals surface area contributed by atoms with Crippen LogP contribution in [0.25, 0.3) is 0 Å². The minimum absolute atomic E-state index is 0.0624. The first kappa shape index (κ1) is 19.0. The molecule has 2 rings (SSSR count). The van der Waals surface area contributed by atoms with Crippen molar-refractivity contribution < 1.29 is 23.1 Å². The summed E-state index contributed by atoms with van der Waals surface area (Å²) in [6, 6.07) is 4.20. The van der Waals surface area contributed by atoms with Crippen LogP contribution in [0.3, 0.4) is 0 Å². The van der Waals surface area contributed by atoms with Crippen molar-refractivity contribution in [1.29, 1.82) is 0 Å². The largest absolute Gasteiger partial charge is 0.508 e. The van der Waals surface area contributed by atoms with Crippen LogP contribution in [0.1, 0.15) is 20.3 Å². The van der Waals surface area contributed by atoms with Gasteiger partial charge < -0.3 is 21.1 Å². The van der Waals surface area contributed by atoms with E-state index in [-0.39, 0.29) is 23.2 Å². The predicted molar refractivity (Wildman–Crippen MR) is 94.1 cm³/mol. The van der Waals surface area contributed by atoms with Crippen molar-refractivity contribution in [3.8, 4) is 5.75 Å². The van der Waals surface area contributed by atoms with Crippen molar-refractivity contribution in [1.82, 2.24) is 10.6 Å². The van der Waals surface area contributed by atoms with Crippen molar-refractivity contribution in [3.05, 3.63) is 24.3 Å². The van der Waals surface area contributed by atoms with Gasteiger partial charge in [0.05, 0.1) is 11.5 Å². The summed E-state index contributed by atoms with van der Waals surface area (Å²) >= 11 is 0. The van der Waals surface area contributed by atoms with Crippen LogP contribution in [0.2, 0.25) is 0 Å². The monoisotopic (exact) mass is 369 g/mol. The molecular weight excluding hydrogens is 346 g/mol. The lowest BCUT2D eigenvalue weighted by Crippen LogP contribution is -2.52. The standard InChI is InChI=1S/C16H23N3O5S/c1-10(2)14(15(21)17-11-3-5-13(20)6-4-11)19-16(22)18-12-7-8-25(23,24)9-12/h3-6,10,12,14,20H,7-9H2,1-2H3,(H,17,21)(H2,18,19,22)/t12-,14+/m1/s1. The van der Waals surface area contributed by atoms with Gasteiger partial charge in [-0.15, -0.1) is 0 Å². The van der Waals surface area contributed by atoms with Crippen LogP contribution < -0.4 is 16.0 Å². The maximum atomic E-state index is 12.4.